The minimum Gasteiger partial charge on any atom is -0.494 e. The Morgan fingerprint density at radius 1 is 1.08 bits per heavy atom. The van der Waals surface area contributed by atoms with Crippen LogP contribution in [0.15, 0.2) is 36.8 Å². The zero-order valence-corrected chi connectivity index (χ0v) is 15.3. The molecule has 0 spiro atoms. The van der Waals surface area contributed by atoms with E-state index in [0.29, 0.717) is 6.61 Å². The van der Waals surface area contributed by atoms with Crippen LogP contribution in [-0.4, -0.2) is 57.4 Å². The quantitative estimate of drug-likeness (QED) is 0.701. The molecule has 0 unspecified atom stereocenters. The van der Waals surface area contributed by atoms with Crippen molar-refractivity contribution in [2.75, 3.05) is 37.7 Å². The molecule has 0 radical (unpaired) electrons. The number of anilines is 1. The van der Waals surface area contributed by atoms with Gasteiger partial charge in [-0.15, -0.1) is 0 Å². The molecule has 3 aromatic rings. The molecule has 2 aromatic heterocycles. The van der Waals surface area contributed by atoms with E-state index in [0.717, 1.165) is 55.3 Å². The summed E-state index contributed by atoms with van der Waals surface area (Å²) in [4.78, 5) is 13.6. The first kappa shape index (κ1) is 16.8. The van der Waals surface area contributed by atoms with Gasteiger partial charge in [-0.25, -0.2) is 9.97 Å². The number of aryl methyl sites for hydroxylation is 1. The third kappa shape index (κ3) is 3.22. The monoisotopic (exact) mass is 352 g/mol. The maximum Gasteiger partial charge on any atom is 0.163 e. The lowest BCUT2D eigenvalue weighted by molar-refractivity contribution is 0.243. The zero-order valence-electron chi connectivity index (χ0n) is 15.3. The highest BCUT2D eigenvalue weighted by Crippen LogP contribution is 2.25. The van der Waals surface area contributed by atoms with Gasteiger partial charge in [-0.3, -0.25) is 9.58 Å². The summed E-state index contributed by atoms with van der Waals surface area (Å²) in [5, 5.41) is 5.33. The van der Waals surface area contributed by atoms with Crippen LogP contribution < -0.4 is 9.64 Å². The van der Waals surface area contributed by atoms with Crippen molar-refractivity contribution in [3.05, 3.63) is 42.4 Å². The minimum absolute atomic E-state index is 0.694. The average molecular weight is 352 g/mol. The molecule has 1 aromatic carbocycles. The predicted molar refractivity (Wildman–Crippen MR) is 101 cm³/mol. The van der Waals surface area contributed by atoms with Crippen molar-refractivity contribution in [3.8, 4) is 5.75 Å². The third-order valence-corrected chi connectivity index (χ3v) is 4.85. The number of nitrogens with zero attached hydrogens (tertiary/aromatic N) is 6. The molecule has 0 amide bonds. The lowest BCUT2D eigenvalue weighted by Crippen LogP contribution is -2.46. The largest absolute Gasteiger partial charge is 0.494 e. The minimum atomic E-state index is 0.694. The Labute approximate surface area is 153 Å². The molecule has 4 rings (SSSR count). The summed E-state index contributed by atoms with van der Waals surface area (Å²) in [5.41, 5.74) is 2.13. The number of hydrogen-bond donors (Lipinski definition) is 0. The molecule has 0 bridgehead atoms. The lowest BCUT2D eigenvalue weighted by Gasteiger charge is -2.35. The van der Waals surface area contributed by atoms with Crippen LogP contribution in [0.5, 0.6) is 5.75 Å². The van der Waals surface area contributed by atoms with Gasteiger partial charge in [0.1, 0.15) is 17.9 Å². The Morgan fingerprint density at radius 3 is 2.69 bits per heavy atom. The van der Waals surface area contributed by atoms with Gasteiger partial charge >= 0.3 is 0 Å². The van der Waals surface area contributed by atoms with Crippen molar-refractivity contribution in [1.82, 2.24) is 24.6 Å². The normalized spacial score (nSPS) is 15.5. The Morgan fingerprint density at radius 2 is 1.88 bits per heavy atom. The van der Waals surface area contributed by atoms with E-state index in [1.165, 1.54) is 5.56 Å². The summed E-state index contributed by atoms with van der Waals surface area (Å²) in [6.45, 7) is 7.50. The highest BCUT2D eigenvalue weighted by Gasteiger charge is 2.21. The van der Waals surface area contributed by atoms with Crippen LogP contribution in [0.2, 0.25) is 0 Å². The Bertz CT molecular complexity index is 885. The van der Waals surface area contributed by atoms with E-state index in [4.69, 9.17) is 4.74 Å². The van der Waals surface area contributed by atoms with Crippen LogP contribution in [-0.2, 0) is 13.6 Å². The predicted octanol–water partition coefficient (Wildman–Crippen LogP) is 2.08. The highest BCUT2D eigenvalue weighted by molar-refractivity contribution is 5.86. The lowest BCUT2D eigenvalue weighted by atomic mass is 10.1. The fourth-order valence-corrected chi connectivity index (χ4v) is 3.49. The van der Waals surface area contributed by atoms with E-state index in [1.807, 2.05) is 26.2 Å². The first-order chi connectivity index (χ1) is 12.8. The van der Waals surface area contributed by atoms with Crippen molar-refractivity contribution in [3.63, 3.8) is 0 Å². The second-order valence-electron chi connectivity index (χ2n) is 6.51. The van der Waals surface area contributed by atoms with E-state index in [-0.39, 0.29) is 0 Å². The van der Waals surface area contributed by atoms with Gasteiger partial charge in [0.05, 0.1) is 18.2 Å². The van der Waals surface area contributed by atoms with Crippen LogP contribution in [0.25, 0.3) is 11.0 Å². The molecule has 0 saturated carbocycles. The standard InChI is InChI=1S/C19H24N6O/c1-3-26-17-7-5-4-6-15(17)13-24-8-10-25(11-9-24)19-16-12-22-23(2)18(16)20-14-21-19/h4-7,12,14H,3,8-11,13H2,1-2H3. The molecule has 136 valence electrons. The summed E-state index contributed by atoms with van der Waals surface area (Å²) < 4.78 is 7.55. The summed E-state index contributed by atoms with van der Waals surface area (Å²) in [6, 6.07) is 8.31. The van der Waals surface area contributed by atoms with E-state index in [9.17, 15) is 0 Å². The fourth-order valence-electron chi connectivity index (χ4n) is 3.49. The maximum absolute atomic E-state index is 5.76. The smallest absolute Gasteiger partial charge is 0.163 e. The van der Waals surface area contributed by atoms with Crippen molar-refractivity contribution >= 4 is 16.9 Å². The van der Waals surface area contributed by atoms with E-state index < -0.39 is 0 Å². The number of piperazine rings is 1. The van der Waals surface area contributed by atoms with Crippen molar-refractivity contribution < 1.29 is 4.74 Å². The second-order valence-corrected chi connectivity index (χ2v) is 6.51. The molecule has 26 heavy (non-hydrogen) atoms. The molecular formula is C19H24N6O. The number of aromatic nitrogens is 4. The van der Waals surface area contributed by atoms with Crippen LogP contribution in [0, 0.1) is 0 Å². The van der Waals surface area contributed by atoms with E-state index >= 15 is 0 Å². The molecule has 1 fully saturated rings. The molecule has 1 aliphatic heterocycles. The average Bonchev–Trinajstić information content (AvgIpc) is 3.06. The van der Waals surface area contributed by atoms with Gasteiger partial charge in [-0.05, 0) is 13.0 Å². The van der Waals surface area contributed by atoms with Gasteiger partial charge in [0.25, 0.3) is 0 Å². The first-order valence-electron chi connectivity index (χ1n) is 9.07. The van der Waals surface area contributed by atoms with Crippen molar-refractivity contribution in [2.45, 2.75) is 13.5 Å². The van der Waals surface area contributed by atoms with Crippen LogP contribution in [0.3, 0.4) is 0 Å². The van der Waals surface area contributed by atoms with Gasteiger partial charge in [0.15, 0.2) is 5.65 Å². The molecule has 7 heteroatoms. The van der Waals surface area contributed by atoms with Crippen LogP contribution in [0.1, 0.15) is 12.5 Å². The van der Waals surface area contributed by atoms with E-state index in [2.05, 4.69) is 43.1 Å². The van der Waals surface area contributed by atoms with Crippen molar-refractivity contribution in [2.24, 2.45) is 7.05 Å². The first-order valence-corrected chi connectivity index (χ1v) is 9.07. The Hall–Kier alpha value is -2.67. The number of hydrogen-bond acceptors (Lipinski definition) is 6. The number of ether oxygens (including phenoxy) is 1. The summed E-state index contributed by atoms with van der Waals surface area (Å²) in [5.74, 6) is 1.97. The Kier molecular flexibility index (Phi) is 4.71. The number of benzene rings is 1. The SMILES string of the molecule is CCOc1ccccc1CN1CCN(c2ncnc3c2cnn3C)CC1. The topological polar surface area (TPSA) is 59.3 Å². The fraction of sp³-hybridized carbons (Fsp3) is 0.421. The Balaban J connectivity index is 1.44. The summed E-state index contributed by atoms with van der Waals surface area (Å²) >= 11 is 0. The van der Waals surface area contributed by atoms with Gasteiger partial charge in [0.2, 0.25) is 0 Å². The maximum atomic E-state index is 5.76. The van der Waals surface area contributed by atoms with E-state index in [1.54, 1.807) is 11.0 Å². The second kappa shape index (κ2) is 7.29. The molecule has 3 heterocycles. The van der Waals surface area contributed by atoms with Gasteiger partial charge in [-0.1, -0.05) is 18.2 Å². The molecule has 1 saturated heterocycles. The molecule has 7 nitrogen and oxygen atoms in total. The third-order valence-electron chi connectivity index (χ3n) is 4.85. The number of fused-ring (bicyclic) bond motifs is 1. The molecule has 1 aliphatic rings. The van der Waals surface area contributed by atoms with Crippen molar-refractivity contribution in [1.29, 1.82) is 0 Å². The molecular weight excluding hydrogens is 328 g/mol. The van der Waals surface area contributed by atoms with Gasteiger partial charge in [0, 0.05) is 45.3 Å². The van der Waals surface area contributed by atoms with Crippen LogP contribution >= 0.6 is 0 Å². The number of para-hydroxylation sites is 1. The molecule has 0 atom stereocenters. The zero-order chi connectivity index (χ0) is 17.9. The molecule has 0 N–H and O–H groups in total. The summed E-state index contributed by atoms with van der Waals surface area (Å²) in [7, 11) is 1.91. The highest BCUT2D eigenvalue weighted by atomic mass is 16.5. The number of rotatable bonds is 5. The molecule has 0 aliphatic carbocycles. The van der Waals surface area contributed by atoms with Gasteiger partial charge in [-0.2, -0.15) is 5.10 Å². The van der Waals surface area contributed by atoms with Crippen LogP contribution in [0.4, 0.5) is 5.82 Å². The van der Waals surface area contributed by atoms with Gasteiger partial charge < -0.3 is 9.64 Å². The summed E-state index contributed by atoms with van der Waals surface area (Å²) in [6.07, 6.45) is 3.49.